The van der Waals surface area contributed by atoms with Crippen LogP contribution in [0, 0.1) is 0 Å². The van der Waals surface area contributed by atoms with Crippen molar-refractivity contribution in [1.82, 2.24) is 0 Å². The number of esters is 2. The third kappa shape index (κ3) is 32.2. The van der Waals surface area contributed by atoms with Crippen LogP contribution >= 0.6 is 7.82 Å². The lowest BCUT2D eigenvalue weighted by Gasteiger charge is -2.19. The SMILES string of the molecule is CCCC/C=C\CCCCCCCC(=O)OCC(COP(=O)(O)OCC)OC(=O)CCCCCCC/C=C\C/C=C\CCCCC. The van der Waals surface area contributed by atoms with Crippen LogP contribution in [0.2, 0.25) is 0 Å². The number of hydrogen-bond acceptors (Lipinski definition) is 7. The molecule has 0 aromatic carbocycles. The summed E-state index contributed by atoms with van der Waals surface area (Å²) in [6.07, 6.45) is 34.8. The van der Waals surface area contributed by atoms with E-state index in [0.717, 1.165) is 83.5 Å². The van der Waals surface area contributed by atoms with E-state index in [9.17, 15) is 19.0 Å². The number of unbranched alkanes of at least 4 members (excludes halogenated alkanes) is 15. The van der Waals surface area contributed by atoms with E-state index in [2.05, 4.69) is 50.3 Å². The van der Waals surface area contributed by atoms with Gasteiger partial charge in [0.05, 0.1) is 13.2 Å². The van der Waals surface area contributed by atoms with Crippen LogP contribution in [0.5, 0.6) is 0 Å². The number of allylic oxidation sites excluding steroid dienone is 6. The Hall–Kier alpha value is -1.73. The molecule has 0 spiro atoms. The fourth-order valence-corrected chi connectivity index (χ4v) is 5.45. The van der Waals surface area contributed by atoms with Crippen LogP contribution in [0.3, 0.4) is 0 Å². The van der Waals surface area contributed by atoms with Gasteiger partial charge < -0.3 is 14.4 Å². The predicted octanol–water partition coefficient (Wildman–Crippen LogP) is 10.9. The Morgan fingerprint density at radius 2 is 1.07 bits per heavy atom. The van der Waals surface area contributed by atoms with E-state index in [1.165, 1.54) is 38.5 Å². The van der Waals surface area contributed by atoms with E-state index in [0.29, 0.717) is 6.42 Å². The minimum Gasteiger partial charge on any atom is -0.462 e. The van der Waals surface area contributed by atoms with Gasteiger partial charge in [0.1, 0.15) is 6.61 Å². The third-order valence-corrected chi connectivity index (χ3v) is 8.48. The number of phosphoric ester groups is 1. The van der Waals surface area contributed by atoms with Crippen LogP contribution in [-0.2, 0) is 32.7 Å². The Morgan fingerprint density at radius 1 is 0.587 bits per heavy atom. The van der Waals surface area contributed by atoms with Gasteiger partial charge in [-0.1, -0.05) is 115 Å². The molecule has 0 aliphatic rings. The van der Waals surface area contributed by atoms with Gasteiger partial charge in [-0.05, 0) is 71.1 Å². The first kappa shape index (κ1) is 44.3. The van der Waals surface area contributed by atoms with Crippen molar-refractivity contribution in [3.63, 3.8) is 0 Å². The molecule has 0 amide bonds. The van der Waals surface area contributed by atoms with Gasteiger partial charge in [-0.25, -0.2) is 4.57 Å². The summed E-state index contributed by atoms with van der Waals surface area (Å²) in [7, 11) is -4.28. The van der Waals surface area contributed by atoms with Gasteiger partial charge in [0.2, 0.25) is 0 Å². The zero-order valence-electron chi connectivity index (χ0n) is 29.5. The minimum atomic E-state index is -4.28. The maximum absolute atomic E-state index is 12.5. The molecule has 0 heterocycles. The monoisotopic (exact) mass is 670 g/mol. The van der Waals surface area contributed by atoms with Gasteiger partial charge in [0, 0.05) is 12.8 Å². The average molecular weight is 671 g/mol. The summed E-state index contributed by atoms with van der Waals surface area (Å²) in [5.41, 5.74) is 0. The Morgan fingerprint density at radius 3 is 1.63 bits per heavy atom. The minimum absolute atomic E-state index is 0.00426. The molecular weight excluding hydrogens is 603 g/mol. The van der Waals surface area contributed by atoms with Crippen molar-refractivity contribution in [3.05, 3.63) is 36.5 Å². The summed E-state index contributed by atoms with van der Waals surface area (Å²) in [5, 5.41) is 0. The predicted molar refractivity (Wildman–Crippen MR) is 189 cm³/mol. The molecule has 0 fully saturated rings. The van der Waals surface area contributed by atoms with Gasteiger partial charge in [0.25, 0.3) is 0 Å². The fraction of sp³-hybridized carbons (Fsp3) is 0.784. The normalized spacial score (nSPS) is 13.9. The number of carbonyl (C=O) groups excluding carboxylic acids is 2. The zero-order valence-corrected chi connectivity index (χ0v) is 30.4. The molecule has 46 heavy (non-hydrogen) atoms. The highest BCUT2D eigenvalue weighted by Crippen LogP contribution is 2.43. The molecule has 0 aromatic rings. The lowest BCUT2D eigenvalue weighted by Crippen LogP contribution is -2.29. The van der Waals surface area contributed by atoms with E-state index in [4.69, 9.17) is 18.5 Å². The standard InChI is InChI=1S/C37H67O8P/c1-4-7-9-11-13-15-17-18-19-20-22-24-26-28-30-32-37(39)45-35(34-44-46(40,41)43-6-3)33-42-36(38)31-29-27-25-23-21-16-14-12-10-8-5-2/h12-15,18-19,35H,4-11,16-17,20-34H2,1-3H3,(H,40,41)/b14-12-,15-13-,19-18-. The van der Waals surface area contributed by atoms with Crippen molar-refractivity contribution < 1.29 is 37.6 Å². The summed E-state index contributed by atoms with van der Waals surface area (Å²) >= 11 is 0. The third-order valence-electron chi connectivity index (χ3n) is 7.42. The second-order valence-corrected chi connectivity index (χ2v) is 13.3. The average Bonchev–Trinajstić information content (AvgIpc) is 3.03. The molecule has 0 radical (unpaired) electrons. The molecule has 0 saturated carbocycles. The van der Waals surface area contributed by atoms with Crippen molar-refractivity contribution in [2.45, 2.75) is 168 Å². The molecule has 8 nitrogen and oxygen atoms in total. The number of phosphoric acid groups is 1. The van der Waals surface area contributed by atoms with E-state index in [1.54, 1.807) is 6.92 Å². The van der Waals surface area contributed by atoms with Crippen molar-refractivity contribution in [2.24, 2.45) is 0 Å². The highest BCUT2D eigenvalue weighted by atomic mass is 31.2. The summed E-state index contributed by atoms with van der Waals surface area (Å²) < 4.78 is 32.4. The highest BCUT2D eigenvalue weighted by Gasteiger charge is 2.25. The van der Waals surface area contributed by atoms with E-state index < -0.39 is 26.5 Å². The molecule has 1 N–H and O–H groups in total. The van der Waals surface area contributed by atoms with Crippen LogP contribution < -0.4 is 0 Å². The highest BCUT2D eigenvalue weighted by molar-refractivity contribution is 7.47. The lowest BCUT2D eigenvalue weighted by molar-refractivity contribution is -0.161. The quantitative estimate of drug-likeness (QED) is 0.0318. The maximum atomic E-state index is 12.5. The van der Waals surface area contributed by atoms with Crippen molar-refractivity contribution >= 4 is 19.8 Å². The van der Waals surface area contributed by atoms with E-state index in [-0.39, 0.29) is 32.0 Å². The summed E-state index contributed by atoms with van der Waals surface area (Å²) in [4.78, 5) is 34.5. The number of hydrogen-bond donors (Lipinski definition) is 1. The Kier molecular flexibility index (Phi) is 31.9. The molecule has 0 aliphatic carbocycles. The van der Waals surface area contributed by atoms with Gasteiger partial charge in [-0.15, -0.1) is 0 Å². The van der Waals surface area contributed by atoms with Gasteiger partial charge >= 0.3 is 19.8 Å². The van der Waals surface area contributed by atoms with Crippen LogP contribution in [-0.4, -0.2) is 42.8 Å². The maximum Gasteiger partial charge on any atom is 0.472 e. The molecule has 0 rings (SSSR count). The first-order chi connectivity index (χ1) is 22.3. The number of carbonyl (C=O) groups is 2. The fourth-order valence-electron chi connectivity index (χ4n) is 4.70. The molecule has 268 valence electrons. The molecule has 9 heteroatoms. The first-order valence-electron chi connectivity index (χ1n) is 18.3. The van der Waals surface area contributed by atoms with Crippen molar-refractivity contribution in [3.8, 4) is 0 Å². The van der Waals surface area contributed by atoms with Crippen LogP contribution in [0.15, 0.2) is 36.5 Å². The van der Waals surface area contributed by atoms with E-state index >= 15 is 0 Å². The van der Waals surface area contributed by atoms with Crippen LogP contribution in [0.4, 0.5) is 0 Å². The van der Waals surface area contributed by atoms with Crippen molar-refractivity contribution in [2.75, 3.05) is 19.8 Å². The molecule has 0 bridgehead atoms. The second kappa shape index (κ2) is 33.2. The Balaban J connectivity index is 4.22. The molecule has 0 aliphatic heterocycles. The largest absolute Gasteiger partial charge is 0.472 e. The topological polar surface area (TPSA) is 108 Å². The molecule has 0 saturated heterocycles. The lowest BCUT2D eigenvalue weighted by atomic mass is 10.1. The van der Waals surface area contributed by atoms with Gasteiger partial charge in [-0.2, -0.15) is 0 Å². The molecule has 2 unspecified atom stereocenters. The Labute approximate surface area is 281 Å². The number of rotatable bonds is 33. The first-order valence-corrected chi connectivity index (χ1v) is 19.8. The van der Waals surface area contributed by atoms with Crippen molar-refractivity contribution in [1.29, 1.82) is 0 Å². The van der Waals surface area contributed by atoms with Gasteiger partial charge in [-0.3, -0.25) is 18.6 Å². The number of ether oxygens (including phenoxy) is 2. The zero-order chi connectivity index (χ0) is 34.0. The second-order valence-electron chi connectivity index (χ2n) is 11.9. The van der Waals surface area contributed by atoms with Crippen LogP contribution in [0.25, 0.3) is 0 Å². The molecular formula is C37H67O8P. The van der Waals surface area contributed by atoms with E-state index in [1.807, 2.05) is 0 Å². The summed E-state index contributed by atoms with van der Waals surface area (Å²) in [6, 6.07) is 0. The van der Waals surface area contributed by atoms with Crippen LogP contribution in [0.1, 0.15) is 162 Å². The summed E-state index contributed by atoms with van der Waals surface area (Å²) in [6.45, 7) is 5.36. The smallest absolute Gasteiger partial charge is 0.462 e. The molecule has 0 aromatic heterocycles. The van der Waals surface area contributed by atoms with Gasteiger partial charge in [0.15, 0.2) is 6.10 Å². The molecule has 2 atom stereocenters. The Bertz CT molecular complexity index is 854. The summed E-state index contributed by atoms with van der Waals surface area (Å²) in [5.74, 6) is -0.828.